The molecule has 0 bridgehead atoms. The van der Waals surface area contributed by atoms with Crippen molar-refractivity contribution in [2.45, 2.75) is 42.0 Å². The predicted molar refractivity (Wildman–Crippen MR) is 166 cm³/mol. The maximum atomic E-state index is 15.3. The van der Waals surface area contributed by atoms with Crippen LogP contribution in [0.15, 0.2) is 77.0 Å². The third-order valence-electron chi connectivity index (χ3n) is 7.16. The summed E-state index contributed by atoms with van der Waals surface area (Å²) in [5, 5.41) is 9.05. The summed E-state index contributed by atoms with van der Waals surface area (Å²) in [6.07, 6.45) is 2.80. The van der Waals surface area contributed by atoms with E-state index in [1.54, 1.807) is 29.7 Å². The number of halogens is 3. The second kappa shape index (κ2) is 13.0. The number of sulfonamides is 1. The molecule has 0 saturated carbocycles. The number of ether oxygens (including phenoxy) is 2. The molecule has 0 radical (unpaired) electrons. The van der Waals surface area contributed by atoms with Crippen molar-refractivity contribution < 1.29 is 31.1 Å². The van der Waals surface area contributed by atoms with Crippen molar-refractivity contribution in [1.82, 2.24) is 24.7 Å². The molecule has 46 heavy (non-hydrogen) atoms. The topological polar surface area (TPSA) is 121 Å². The van der Waals surface area contributed by atoms with Crippen molar-refractivity contribution in [3.63, 3.8) is 0 Å². The number of benzene rings is 3. The molecule has 10 nitrogen and oxygen atoms in total. The van der Waals surface area contributed by atoms with Gasteiger partial charge in [0.2, 0.25) is 5.95 Å². The van der Waals surface area contributed by atoms with Crippen LogP contribution in [0.3, 0.4) is 0 Å². The van der Waals surface area contributed by atoms with E-state index in [0.717, 1.165) is 29.5 Å². The summed E-state index contributed by atoms with van der Waals surface area (Å²) in [5.74, 6) is -1.59. The highest BCUT2D eigenvalue weighted by molar-refractivity contribution is 7.98. The van der Waals surface area contributed by atoms with Crippen LogP contribution in [-0.4, -0.2) is 47.4 Å². The second-order valence-electron chi connectivity index (χ2n) is 10.7. The van der Waals surface area contributed by atoms with Gasteiger partial charge in [0.25, 0.3) is 10.0 Å². The van der Waals surface area contributed by atoms with Gasteiger partial charge in [-0.3, -0.25) is 4.57 Å². The average Bonchev–Trinajstić information content (AvgIpc) is 3.46. The highest BCUT2D eigenvalue weighted by Gasteiger charge is 2.33. The van der Waals surface area contributed by atoms with Gasteiger partial charge in [0.1, 0.15) is 23.3 Å². The lowest BCUT2D eigenvalue weighted by molar-refractivity contribution is 0.353. The predicted octanol–water partition coefficient (Wildman–Crippen LogP) is 6.22. The Morgan fingerprint density at radius 2 is 1.52 bits per heavy atom. The molecule has 240 valence electrons. The monoisotopic (exact) mass is 670 g/mol. The number of thioether (sulfide) groups is 1. The Hall–Kier alpha value is -4.63. The minimum absolute atomic E-state index is 0.238. The van der Waals surface area contributed by atoms with Gasteiger partial charge in [0.15, 0.2) is 16.7 Å². The molecule has 2 heterocycles. The standard InChI is InChI=1S/C31H29F3N6O4S2/c1-18-15-35-29(36-16-18)39-46(41,42)22-13-24(33)23(25(34)14-22)17-45-30-38-37-28(40(30)21-9-7-20(32)8-10-21)31(2,3)19-6-11-26(43-4)27(12-19)44-5/h6-16H,17H2,1-5H3,(H,35,36,39). The number of aromatic nitrogens is 5. The molecule has 1 N–H and O–H groups in total. The minimum atomic E-state index is -4.39. The van der Waals surface area contributed by atoms with Crippen molar-refractivity contribution in [3.05, 3.63) is 107 Å². The molecule has 0 spiro atoms. The SMILES string of the molecule is COc1ccc(C(C)(C)c2nnc(SCc3c(F)cc(S(=O)(=O)Nc4ncc(C)cn4)cc3F)n2-c2ccc(F)cc2)cc1OC. The molecule has 0 atom stereocenters. The van der Waals surface area contributed by atoms with Gasteiger partial charge in [-0.15, -0.1) is 10.2 Å². The fourth-order valence-electron chi connectivity index (χ4n) is 4.58. The number of rotatable bonds is 11. The van der Waals surface area contributed by atoms with Gasteiger partial charge < -0.3 is 9.47 Å². The quantitative estimate of drug-likeness (QED) is 0.163. The van der Waals surface area contributed by atoms with Crippen molar-refractivity contribution >= 4 is 27.7 Å². The summed E-state index contributed by atoms with van der Waals surface area (Å²) in [7, 11) is -1.32. The van der Waals surface area contributed by atoms with E-state index in [4.69, 9.17) is 9.47 Å². The van der Waals surface area contributed by atoms with Crippen LogP contribution in [0.1, 0.15) is 36.4 Å². The van der Waals surface area contributed by atoms with Crippen molar-refractivity contribution in [3.8, 4) is 17.2 Å². The number of hydrogen-bond donors (Lipinski definition) is 1. The zero-order valence-corrected chi connectivity index (χ0v) is 27.0. The van der Waals surface area contributed by atoms with Crippen LogP contribution in [0, 0.1) is 24.4 Å². The lowest BCUT2D eigenvalue weighted by Crippen LogP contribution is -2.24. The van der Waals surface area contributed by atoms with Crippen LogP contribution >= 0.6 is 11.8 Å². The fraction of sp³-hybridized carbons (Fsp3) is 0.226. The van der Waals surface area contributed by atoms with E-state index in [-0.39, 0.29) is 22.4 Å². The normalized spacial score (nSPS) is 11.8. The molecule has 0 saturated heterocycles. The number of aryl methyl sites for hydroxylation is 1. The van der Waals surface area contributed by atoms with E-state index in [2.05, 4.69) is 24.9 Å². The van der Waals surface area contributed by atoms with E-state index >= 15 is 8.78 Å². The van der Waals surface area contributed by atoms with E-state index < -0.39 is 37.8 Å². The fourth-order valence-corrected chi connectivity index (χ4v) is 6.53. The molecule has 5 rings (SSSR count). The largest absolute Gasteiger partial charge is 0.493 e. The van der Waals surface area contributed by atoms with E-state index in [1.807, 2.05) is 26.0 Å². The third-order valence-corrected chi connectivity index (χ3v) is 9.42. The summed E-state index contributed by atoms with van der Waals surface area (Å²) in [4.78, 5) is 7.10. The Morgan fingerprint density at radius 3 is 2.13 bits per heavy atom. The molecular weight excluding hydrogens is 642 g/mol. The lowest BCUT2D eigenvalue weighted by Gasteiger charge is -2.26. The Labute approximate surface area is 268 Å². The Morgan fingerprint density at radius 1 is 0.891 bits per heavy atom. The molecule has 0 unspecified atom stereocenters. The van der Waals surface area contributed by atoms with Crippen LogP contribution in [0.5, 0.6) is 11.5 Å². The van der Waals surface area contributed by atoms with E-state index in [0.29, 0.717) is 28.6 Å². The first-order valence-electron chi connectivity index (χ1n) is 13.7. The summed E-state index contributed by atoms with van der Waals surface area (Å²) >= 11 is 0.977. The molecule has 0 amide bonds. The maximum absolute atomic E-state index is 15.3. The van der Waals surface area contributed by atoms with E-state index in [9.17, 15) is 12.8 Å². The van der Waals surface area contributed by atoms with Gasteiger partial charge in [0, 0.05) is 29.4 Å². The van der Waals surface area contributed by atoms with Gasteiger partial charge >= 0.3 is 0 Å². The van der Waals surface area contributed by atoms with Gasteiger partial charge in [-0.1, -0.05) is 17.8 Å². The number of anilines is 1. The van der Waals surface area contributed by atoms with E-state index in [1.165, 1.54) is 38.7 Å². The number of hydrogen-bond acceptors (Lipinski definition) is 9. The first-order valence-corrected chi connectivity index (χ1v) is 16.2. The summed E-state index contributed by atoms with van der Waals surface area (Å²) in [6.45, 7) is 5.56. The van der Waals surface area contributed by atoms with Crippen molar-refractivity contribution in [2.75, 3.05) is 18.9 Å². The first kappa shape index (κ1) is 32.8. The van der Waals surface area contributed by atoms with Gasteiger partial charge in [-0.2, -0.15) is 0 Å². The number of nitrogens with one attached hydrogen (secondary N) is 1. The first-order chi connectivity index (χ1) is 21.8. The molecule has 0 aliphatic rings. The van der Waals surface area contributed by atoms with Crippen molar-refractivity contribution in [1.29, 1.82) is 0 Å². The highest BCUT2D eigenvalue weighted by atomic mass is 32.2. The Bertz CT molecular complexity index is 1960. The molecular formula is C31H29F3N6O4S2. The van der Waals surface area contributed by atoms with Crippen molar-refractivity contribution in [2.24, 2.45) is 0 Å². The van der Waals surface area contributed by atoms with Crippen LogP contribution in [0.25, 0.3) is 5.69 Å². The van der Waals surface area contributed by atoms with Crippen LogP contribution in [-0.2, 0) is 21.2 Å². The molecule has 3 aromatic carbocycles. The highest BCUT2D eigenvalue weighted by Crippen LogP contribution is 2.39. The Kier molecular flexibility index (Phi) is 9.26. The average molecular weight is 671 g/mol. The molecule has 0 aliphatic heterocycles. The van der Waals surface area contributed by atoms with Gasteiger partial charge in [0.05, 0.1) is 24.5 Å². The van der Waals surface area contributed by atoms with Crippen LogP contribution in [0.4, 0.5) is 19.1 Å². The van der Waals surface area contributed by atoms with Crippen LogP contribution < -0.4 is 14.2 Å². The van der Waals surface area contributed by atoms with Gasteiger partial charge in [-0.25, -0.2) is 36.3 Å². The zero-order valence-electron chi connectivity index (χ0n) is 25.4. The lowest BCUT2D eigenvalue weighted by atomic mass is 9.83. The van der Waals surface area contributed by atoms with Crippen LogP contribution in [0.2, 0.25) is 0 Å². The Balaban J connectivity index is 1.48. The summed E-state index contributed by atoms with van der Waals surface area (Å²) in [6, 6.07) is 12.6. The third kappa shape index (κ3) is 6.65. The summed E-state index contributed by atoms with van der Waals surface area (Å²) < 4.78 is 84.7. The number of nitrogens with zero attached hydrogens (tertiary/aromatic N) is 5. The molecule has 5 aromatic rings. The zero-order chi connectivity index (χ0) is 33.2. The molecule has 0 aliphatic carbocycles. The summed E-state index contributed by atoms with van der Waals surface area (Å²) in [5.41, 5.74) is 0.861. The molecule has 15 heteroatoms. The minimum Gasteiger partial charge on any atom is -0.493 e. The molecule has 0 fully saturated rings. The number of methoxy groups -OCH3 is 2. The second-order valence-corrected chi connectivity index (χ2v) is 13.3. The van der Waals surface area contributed by atoms with Gasteiger partial charge in [-0.05, 0) is 80.4 Å². The maximum Gasteiger partial charge on any atom is 0.264 e. The smallest absolute Gasteiger partial charge is 0.264 e. The molecule has 2 aromatic heterocycles.